The highest BCUT2D eigenvalue weighted by atomic mass is 32.2. The van der Waals surface area contributed by atoms with Crippen LogP contribution in [-0.4, -0.2) is 57.2 Å². The van der Waals surface area contributed by atoms with E-state index in [-0.39, 0.29) is 10.6 Å². The van der Waals surface area contributed by atoms with Gasteiger partial charge in [-0.3, -0.25) is 0 Å². The van der Waals surface area contributed by atoms with Crippen molar-refractivity contribution in [1.29, 1.82) is 0 Å². The van der Waals surface area contributed by atoms with Gasteiger partial charge < -0.3 is 14.0 Å². The molecule has 0 aliphatic carbocycles. The molecule has 0 aliphatic rings. The third kappa shape index (κ3) is 3.12. The Hall–Kier alpha value is -2.38. The topological polar surface area (TPSA) is 68.1 Å². The van der Waals surface area contributed by atoms with Crippen molar-refractivity contribution in [2.45, 2.75) is 4.90 Å². The lowest BCUT2D eigenvalue weighted by molar-refractivity contribution is 0.0605. The van der Waals surface area contributed by atoms with E-state index in [2.05, 4.69) is 0 Å². The van der Waals surface area contributed by atoms with Gasteiger partial charge in [-0.1, -0.05) is 12.1 Å². The van der Waals surface area contributed by atoms with E-state index >= 15 is 0 Å². The fraction of sp³-hybridized carbons (Fsp3) is 0.278. The summed E-state index contributed by atoms with van der Waals surface area (Å²) in [6.07, 6.45) is 1.81. The summed E-state index contributed by atoms with van der Waals surface area (Å²) in [5.74, 6) is -0.402. The number of esters is 1. The Bertz CT molecular complexity index is 1050. The number of carbonyl (C=O) groups excluding carboxylic acids is 1. The molecule has 3 rings (SSSR count). The van der Waals surface area contributed by atoms with E-state index in [0.717, 1.165) is 0 Å². The Morgan fingerprint density at radius 1 is 1.16 bits per heavy atom. The van der Waals surface area contributed by atoms with Crippen molar-refractivity contribution >= 4 is 32.2 Å². The highest BCUT2D eigenvalue weighted by molar-refractivity contribution is 7.91. The van der Waals surface area contributed by atoms with Crippen LogP contribution < -0.4 is 0 Å². The number of benzene rings is 1. The van der Waals surface area contributed by atoms with Crippen molar-refractivity contribution in [2.75, 3.05) is 33.5 Å². The molecule has 0 atom stereocenters. The molecule has 25 heavy (non-hydrogen) atoms. The molecule has 0 amide bonds. The van der Waals surface area contributed by atoms with E-state index in [1.807, 2.05) is 41.6 Å². The molecule has 6 nitrogen and oxygen atoms in total. The summed E-state index contributed by atoms with van der Waals surface area (Å²) < 4.78 is 31.9. The minimum Gasteiger partial charge on any atom is -0.465 e. The number of nitrogens with zero attached hydrogens (tertiary/aromatic N) is 2. The Labute approximate surface area is 146 Å². The highest BCUT2D eigenvalue weighted by Crippen LogP contribution is 2.29. The molecule has 0 saturated carbocycles. The monoisotopic (exact) mass is 360 g/mol. The van der Waals surface area contributed by atoms with E-state index in [9.17, 15) is 13.2 Å². The van der Waals surface area contributed by atoms with Crippen LogP contribution in [0.25, 0.3) is 16.4 Å². The number of pyridine rings is 1. The van der Waals surface area contributed by atoms with E-state index in [4.69, 9.17) is 4.74 Å². The van der Waals surface area contributed by atoms with Crippen LogP contribution in [0.2, 0.25) is 0 Å². The summed E-state index contributed by atoms with van der Waals surface area (Å²) in [5.41, 5.74) is 1.80. The van der Waals surface area contributed by atoms with Crippen LogP contribution in [0.15, 0.2) is 47.5 Å². The summed E-state index contributed by atoms with van der Waals surface area (Å²) >= 11 is 0. The summed E-state index contributed by atoms with van der Waals surface area (Å²) in [4.78, 5) is 14.3. The highest BCUT2D eigenvalue weighted by Gasteiger charge is 2.21. The second kappa shape index (κ2) is 6.50. The van der Waals surface area contributed by atoms with Crippen molar-refractivity contribution in [3.05, 3.63) is 48.2 Å². The molecule has 2 aromatic heterocycles. The van der Waals surface area contributed by atoms with Gasteiger partial charge in [0.25, 0.3) is 0 Å². The summed E-state index contributed by atoms with van der Waals surface area (Å²) in [6.45, 7) is 0.447. The lowest BCUT2D eigenvalue weighted by atomic mass is 10.1. The van der Waals surface area contributed by atoms with Gasteiger partial charge in [-0.05, 0) is 38.4 Å². The first-order chi connectivity index (χ1) is 11.8. The molecule has 0 radical (unpaired) electrons. The first-order valence-corrected chi connectivity index (χ1v) is 9.49. The molecular formula is C18H20N2O4S. The molecule has 7 heteroatoms. The number of methoxy groups -OCH3 is 1. The number of carbonyl (C=O) groups is 1. The van der Waals surface area contributed by atoms with Gasteiger partial charge in [0.2, 0.25) is 0 Å². The molecule has 0 unspecified atom stereocenters. The minimum atomic E-state index is -3.40. The summed E-state index contributed by atoms with van der Waals surface area (Å²) in [6, 6.07) is 10.3. The maximum Gasteiger partial charge on any atom is 0.340 e. The molecule has 1 aromatic carbocycles. The van der Waals surface area contributed by atoms with Crippen LogP contribution >= 0.6 is 0 Å². The van der Waals surface area contributed by atoms with Crippen molar-refractivity contribution in [3.8, 4) is 0 Å². The van der Waals surface area contributed by atoms with E-state index in [1.165, 1.54) is 7.11 Å². The van der Waals surface area contributed by atoms with Crippen molar-refractivity contribution in [2.24, 2.45) is 0 Å². The zero-order chi connectivity index (χ0) is 18.2. The number of hydrogen-bond acceptors (Lipinski definition) is 5. The standard InChI is InChI=1S/C18H20N2O4S/c1-19(2)10-11-25(22,23)13-7-8-14-16(12-13)20-9-5-4-6-15(20)17(14)18(21)24-3/h4-9,12H,10-11H2,1-3H3. The first-order valence-electron chi connectivity index (χ1n) is 7.84. The molecule has 0 saturated heterocycles. The molecule has 0 bridgehead atoms. The van der Waals surface area contributed by atoms with E-state index in [1.54, 1.807) is 24.4 Å². The maximum atomic E-state index is 12.6. The minimum absolute atomic E-state index is 0.0404. The molecule has 3 aromatic rings. The van der Waals surface area contributed by atoms with Crippen molar-refractivity contribution in [1.82, 2.24) is 9.30 Å². The fourth-order valence-electron chi connectivity index (χ4n) is 2.85. The predicted molar refractivity (Wildman–Crippen MR) is 96.8 cm³/mol. The quantitative estimate of drug-likeness (QED) is 0.653. The lowest BCUT2D eigenvalue weighted by Gasteiger charge is -2.10. The first kappa shape index (κ1) is 17.4. The maximum absolute atomic E-state index is 12.6. The number of rotatable bonds is 5. The smallest absolute Gasteiger partial charge is 0.340 e. The Morgan fingerprint density at radius 2 is 1.92 bits per heavy atom. The third-order valence-electron chi connectivity index (χ3n) is 4.17. The number of sulfone groups is 1. The Kier molecular flexibility index (Phi) is 4.53. The molecular weight excluding hydrogens is 340 g/mol. The van der Waals surface area contributed by atoms with Gasteiger partial charge in [0.15, 0.2) is 9.84 Å². The zero-order valence-electron chi connectivity index (χ0n) is 14.4. The second-order valence-corrected chi connectivity index (χ2v) is 8.23. The van der Waals surface area contributed by atoms with Gasteiger partial charge in [-0.2, -0.15) is 0 Å². The van der Waals surface area contributed by atoms with Crippen molar-refractivity contribution in [3.63, 3.8) is 0 Å². The average Bonchev–Trinajstić information content (AvgIpc) is 2.93. The normalized spacial score (nSPS) is 12.2. The molecule has 0 N–H and O–H groups in total. The van der Waals surface area contributed by atoms with Crippen LogP contribution in [0.1, 0.15) is 10.4 Å². The van der Waals surface area contributed by atoms with Gasteiger partial charge in [0.1, 0.15) is 0 Å². The molecule has 0 fully saturated rings. The molecule has 0 spiro atoms. The second-order valence-electron chi connectivity index (χ2n) is 6.12. The predicted octanol–water partition coefficient (Wildman–Crippen LogP) is 2.21. The van der Waals surface area contributed by atoms with E-state index in [0.29, 0.717) is 28.5 Å². The molecule has 2 heterocycles. The largest absolute Gasteiger partial charge is 0.465 e. The molecule has 0 aliphatic heterocycles. The van der Waals surface area contributed by atoms with Crippen molar-refractivity contribution < 1.29 is 17.9 Å². The number of ether oxygens (including phenoxy) is 1. The summed E-state index contributed by atoms with van der Waals surface area (Å²) in [5, 5.41) is 0.671. The van der Waals surface area contributed by atoms with Gasteiger partial charge in [-0.25, -0.2) is 13.2 Å². The van der Waals surface area contributed by atoms with Crippen LogP contribution in [0.3, 0.4) is 0 Å². The van der Waals surface area contributed by atoms with Crippen LogP contribution in [0, 0.1) is 0 Å². The van der Waals surface area contributed by atoms with Gasteiger partial charge in [-0.15, -0.1) is 0 Å². The Balaban J connectivity index is 2.22. The van der Waals surface area contributed by atoms with Gasteiger partial charge in [0.05, 0.1) is 34.4 Å². The molecule has 132 valence electrons. The van der Waals surface area contributed by atoms with Gasteiger partial charge >= 0.3 is 5.97 Å². The van der Waals surface area contributed by atoms with Crippen LogP contribution in [0.5, 0.6) is 0 Å². The lowest BCUT2D eigenvalue weighted by Crippen LogP contribution is -2.21. The zero-order valence-corrected chi connectivity index (χ0v) is 15.2. The SMILES string of the molecule is COC(=O)c1c2ccc(S(=O)(=O)CCN(C)C)cc2n2ccccc12. The Morgan fingerprint density at radius 3 is 2.60 bits per heavy atom. The third-order valence-corrected chi connectivity index (χ3v) is 5.86. The number of fused-ring (bicyclic) bond motifs is 3. The number of aromatic nitrogens is 1. The number of hydrogen-bond donors (Lipinski definition) is 0. The van der Waals surface area contributed by atoms with Gasteiger partial charge in [0, 0.05) is 18.1 Å². The van der Waals surface area contributed by atoms with Crippen LogP contribution in [-0.2, 0) is 14.6 Å². The summed E-state index contributed by atoms with van der Waals surface area (Å²) in [7, 11) is 1.60. The average molecular weight is 360 g/mol. The fourth-order valence-corrected chi connectivity index (χ4v) is 4.26. The van der Waals surface area contributed by atoms with Crippen LogP contribution in [0.4, 0.5) is 0 Å². The van der Waals surface area contributed by atoms with E-state index < -0.39 is 15.8 Å².